The topological polar surface area (TPSA) is 51.0 Å². The largest absolute Gasteiger partial charge is 0.339 e. The predicted octanol–water partition coefficient (Wildman–Crippen LogP) is 2.46. The maximum absolute atomic E-state index is 12.8. The van der Waals surface area contributed by atoms with E-state index < -0.39 is 0 Å². The van der Waals surface area contributed by atoms with Crippen molar-refractivity contribution in [1.82, 2.24) is 15.5 Å². The van der Waals surface area contributed by atoms with Crippen LogP contribution in [0, 0.1) is 5.82 Å². The van der Waals surface area contributed by atoms with E-state index in [-0.39, 0.29) is 5.82 Å². The molecule has 3 rings (SSSR count). The van der Waals surface area contributed by atoms with Gasteiger partial charge in [-0.05, 0) is 50.0 Å². The van der Waals surface area contributed by atoms with Crippen molar-refractivity contribution in [3.63, 3.8) is 0 Å². The minimum absolute atomic E-state index is 0.209. The van der Waals surface area contributed by atoms with Crippen LogP contribution in [0.15, 0.2) is 28.8 Å². The van der Waals surface area contributed by atoms with Crippen molar-refractivity contribution in [3.05, 3.63) is 47.4 Å². The Labute approximate surface area is 117 Å². The van der Waals surface area contributed by atoms with Crippen LogP contribution < -0.4 is 5.32 Å². The average Bonchev–Trinajstić information content (AvgIpc) is 2.97. The molecular weight excluding hydrogens is 257 g/mol. The van der Waals surface area contributed by atoms with Gasteiger partial charge >= 0.3 is 0 Å². The average molecular weight is 275 g/mol. The first-order chi connectivity index (χ1) is 9.81. The molecule has 0 spiro atoms. The lowest BCUT2D eigenvalue weighted by Gasteiger charge is -2.18. The molecule has 20 heavy (non-hydrogen) atoms. The van der Waals surface area contributed by atoms with Gasteiger partial charge in [0.15, 0.2) is 5.82 Å². The zero-order chi connectivity index (χ0) is 13.8. The summed E-state index contributed by atoms with van der Waals surface area (Å²) in [7, 11) is 0. The summed E-state index contributed by atoms with van der Waals surface area (Å²) in [6, 6.07) is 6.53. The Balaban J connectivity index is 1.58. The molecule has 1 N–H and O–H groups in total. The third kappa shape index (κ3) is 3.22. The van der Waals surface area contributed by atoms with E-state index in [1.807, 2.05) is 0 Å². The summed E-state index contributed by atoms with van der Waals surface area (Å²) >= 11 is 0. The van der Waals surface area contributed by atoms with Crippen LogP contribution in [-0.2, 0) is 12.8 Å². The minimum Gasteiger partial charge on any atom is -0.339 e. The van der Waals surface area contributed by atoms with Crippen molar-refractivity contribution in [2.75, 3.05) is 13.1 Å². The molecule has 2 aromatic rings. The highest BCUT2D eigenvalue weighted by molar-refractivity contribution is 5.16. The van der Waals surface area contributed by atoms with Crippen LogP contribution in [0.1, 0.15) is 36.0 Å². The van der Waals surface area contributed by atoms with Crippen molar-refractivity contribution in [3.8, 4) is 0 Å². The summed E-state index contributed by atoms with van der Waals surface area (Å²) < 4.78 is 18.1. The van der Waals surface area contributed by atoms with Crippen molar-refractivity contribution < 1.29 is 8.91 Å². The van der Waals surface area contributed by atoms with E-state index in [1.54, 1.807) is 12.1 Å². The number of aryl methyl sites for hydroxylation is 2. The first-order valence-corrected chi connectivity index (χ1v) is 7.09. The molecule has 106 valence electrons. The Morgan fingerprint density at radius 1 is 1.15 bits per heavy atom. The molecule has 0 radical (unpaired) electrons. The number of halogens is 1. The monoisotopic (exact) mass is 275 g/mol. The molecule has 2 heterocycles. The zero-order valence-corrected chi connectivity index (χ0v) is 11.3. The lowest BCUT2D eigenvalue weighted by molar-refractivity contribution is 0.360. The molecule has 1 aromatic carbocycles. The normalized spacial score (nSPS) is 16.4. The molecule has 1 aliphatic heterocycles. The van der Waals surface area contributed by atoms with Crippen LogP contribution in [0.5, 0.6) is 0 Å². The molecular formula is C15H18FN3O. The van der Waals surface area contributed by atoms with E-state index >= 15 is 0 Å². The first-order valence-electron chi connectivity index (χ1n) is 7.09. The van der Waals surface area contributed by atoms with Crippen LogP contribution in [0.2, 0.25) is 0 Å². The van der Waals surface area contributed by atoms with Crippen molar-refractivity contribution in [2.45, 2.75) is 31.6 Å². The highest BCUT2D eigenvalue weighted by atomic mass is 19.1. The molecule has 5 heteroatoms. The Hall–Kier alpha value is -1.75. The highest BCUT2D eigenvalue weighted by Gasteiger charge is 2.20. The predicted molar refractivity (Wildman–Crippen MR) is 73.0 cm³/mol. The molecule has 1 aromatic heterocycles. The summed E-state index contributed by atoms with van der Waals surface area (Å²) in [6.45, 7) is 2.04. The second kappa shape index (κ2) is 6.13. The number of piperidine rings is 1. The lowest BCUT2D eigenvalue weighted by Crippen LogP contribution is -2.27. The van der Waals surface area contributed by atoms with Crippen LogP contribution >= 0.6 is 0 Å². The van der Waals surface area contributed by atoms with Gasteiger partial charge in [-0.25, -0.2) is 4.39 Å². The van der Waals surface area contributed by atoms with Crippen molar-refractivity contribution in [1.29, 1.82) is 0 Å². The van der Waals surface area contributed by atoms with Gasteiger partial charge in [0.25, 0.3) is 0 Å². The molecule has 1 fully saturated rings. The van der Waals surface area contributed by atoms with E-state index in [4.69, 9.17) is 4.52 Å². The molecule has 1 saturated heterocycles. The van der Waals surface area contributed by atoms with Gasteiger partial charge < -0.3 is 9.84 Å². The molecule has 4 nitrogen and oxygen atoms in total. The number of aromatic nitrogens is 2. The fourth-order valence-electron chi connectivity index (χ4n) is 2.52. The summed E-state index contributed by atoms with van der Waals surface area (Å²) in [5, 5.41) is 7.42. The molecule has 1 aliphatic rings. The van der Waals surface area contributed by atoms with Crippen molar-refractivity contribution >= 4 is 0 Å². The molecule has 0 amide bonds. The first kappa shape index (κ1) is 13.2. The van der Waals surface area contributed by atoms with Crippen LogP contribution in [0.25, 0.3) is 0 Å². The second-order valence-electron chi connectivity index (χ2n) is 5.20. The van der Waals surface area contributed by atoms with Crippen LogP contribution in [0.4, 0.5) is 4.39 Å². The number of hydrogen-bond acceptors (Lipinski definition) is 4. The van der Waals surface area contributed by atoms with Gasteiger partial charge in [0.2, 0.25) is 5.89 Å². The number of benzene rings is 1. The van der Waals surface area contributed by atoms with E-state index in [2.05, 4.69) is 15.5 Å². The SMILES string of the molecule is Fc1ccc(CCc2nc(C3CCNCC3)no2)cc1. The maximum atomic E-state index is 12.8. The van der Waals surface area contributed by atoms with E-state index in [0.717, 1.165) is 43.7 Å². The number of nitrogens with zero attached hydrogens (tertiary/aromatic N) is 2. The van der Waals surface area contributed by atoms with Gasteiger partial charge in [-0.2, -0.15) is 4.98 Å². The summed E-state index contributed by atoms with van der Waals surface area (Å²) in [4.78, 5) is 4.49. The van der Waals surface area contributed by atoms with Crippen molar-refractivity contribution in [2.24, 2.45) is 0 Å². The maximum Gasteiger partial charge on any atom is 0.226 e. The Bertz CT molecular complexity index is 547. The Morgan fingerprint density at radius 2 is 1.90 bits per heavy atom. The second-order valence-corrected chi connectivity index (χ2v) is 5.20. The third-order valence-corrected chi connectivity index (χ3v) is 3.73. The van der Waals surface area contributed by atoms with Gasteiger partial charge in [-0.1, -0.05) is 17.3 Å². The lowest BCUT2D eigenvalue weighted by atomic mass is 9.98. The zero-order valence-electron chi connectivity index (χ0n) is 11.3. The Morgan fingerprint density at radius 3 is 2.65 bits per heavy atom. The highest BCUT2D eigenvalue weighted by Crippen LogP contribution is 2.22. The summed E-state index contributed by atoms with van der Waals surface area (Å²) in [5.74, 6) is 1.71. The molecule has 0 unspecified atom stereocenters. The number of hydrogen-bond donors (Lipinski definition) is 1. The van der Waals surface area contributed by atoms with E-state index in [1.165, 1.54) is 12.1 Å². The molecule has 0 saturated carbocycles. The summed E-state index contributed by atoms with van der Waals surface area (Å²) in [5.41, 5.74) is 1.08. The van der Waals surface area contributed by atoms with Gasteiger partial charge in [-0.3, -0.25) is 0 Å². The van der Waals surface area contributed by atoms with Crippen LogP contribution in [0.3, 0.4) is 0 Å². The molecule has 0 atom stereocenters. The fourth-order valence-corrected chi connectivity index (χ4v) is 2.52. The third-order valence-electron chi connectivity index (χ3n) is 3.73. The Kier molecular flexibility index (Phi) is 4.06. The number of nitrogens with one attached hydrogen (secondary N) is 1. The van der Waals surface area contributed by atoms with Gasteiger partial charge in [0, 0.05) is 12.3 Å². The van der Waals surface area contributed by atoms with Gasteiger partial charge in [0.05, 0.1) is 0 Å². The standard InChI is InChI=1S/C15H18FN3O/c16-13-4-1-11(2-5-13)3-6-14-18-15(19-20-14)12-7-9-17-10-8-12/h1-2,4-5,12,17H,3,6-10H2. The minimum atomic E-state index is -0.209. The quantitative estimate of drug-likeness (QED) is 0.931. The van der Waals surface area contributed by atoms with Gasteiger partial charge in [0.1, 0.15) is 5.82 Å². The van der Waals surface area contributed by atoms with E-state index in [0.29, 0.717) is 18.2 Å². The van der Waals surface area contributed by atoms with Gasteiger partial charge in [-0.15, -0.1) is 0 Å². The summed E-state index contributed by atoms with van der Waals surface area (Å²) in [6.07, 6.45) is 3.62. The van der Waals surface area contributed by atoms with Crippen LogP contribution in [-0.4, -0.2) is 23.2 Å². The molecule has 0 bridgehead atoms. The number of rotatable bonds is 4. The molecule has 0 aliphatic carbocycles. The van der Waals surface area contributed by atoms with E-state index in [9.17, 15) is 4.39 Å². The smallest absolute Gasteiger partial charge is 0.226 e. The fraction of sp³-hybridized carbons (Fsp3) is 0.467.